The molecule has 2 nitrogen and oxygen atoms in total. The fourth-order valence-corrected chi connectivity index (χ4v) is 2.53. The normalized spacial score (nSPS) is 20.7. The summed E-state index contributed by atoms with van der Waals surface area (Å²) in [5, 5.41) is 7.20. The van der Waals surface area contributed by atoms with Crippen LogP contribution in [0.2, 0.25) is 5.02 Å². The van der Waals surface area contributed by atoms with E-state index in [1.807, 2.05) is 0 Å². The molecular weight excluding hydrogens is 251 g/mol. The maximum atomic E-state index is 13.5. The van der Waals surface area contributed by atoms with Crippen LogP contribution in [0, 0.1) is 11.7 Å². The molecule has 1 unspecified atom stereocenters. The first-order valence-electron chi connectivity index (χ1n) is 6.61. The van der Waals surface area contributed by atoms with Crippen LogP contribution in [0.15, 0.2) is 18.2 Å². The number of rotatable bonds is 4. The maximum Gasteiger partial charge on any atom is 0.129 e. The van der Waals surface area contributed by atoms with Crippen molar-refractivity contribution in [3.63, 3.8) is 0 Å². The Kier molecular flexibility index (Phi) is 5.42. The highest BCUT2D eigenvalue weighted by Gasteiger charge is 2.11. The van der Waals surface area contributed by atoms with Crippen molar-refractivity contribution < 1.29 is 4.39 Å². The molecule has 0 aliphatic carbocycles. The van der Waals surface area contributed by atoms with Gasteiger partial charge in [-0.05, 0) is 56.9 Å². The summed E-state index contributed by atoms with van der Waals surface area (Å²) in [6.45, 7) is 3.76. The van der Waals surface area contributed by atoms with Crippen molar-refractivity contribution in [2.75, 3.05) is 19.6 Å². The molecule has 18 heavy (non-hydrogen) atoms. The van der Waals surface area contributed by atoms with Crippen LogP contribution in [0.3, 0.4) is 0 Å². The minimum Gasteiger partial charge on any atom is -0.317 e. The Hall–Kier alpha value is -0.640. The first kappa shape index (κ1) is 13.8. The molecule has 1 atom stereocenters. The molecule has 0 saturated carbocycles. The molecule has 0 aromatic heterocycles. The summed E-state index contributed by atoms with van der Waals surface area (Å²) in [5.74, 6) is 0.480. The Morgan fingerprint density at radius 3 is 3.06 bits per heavy atom. The highest BCUT2D eigenvalue weighted by Crippen LogP contribution is 2.15. The van der Waals surface area contributed by atoms with E-state index in [2.05, 4.69) is 10.6 Å². The van der Waals surface area contributed by atoms with Crippen molar-refractivity contribution in [1.29, 1.82) is 0 Å². The summed E-state index contributed by atoms with van der Waals surface area (Å²) in [5.41, 5.74) is 0.686. The lowest BCUT2D eigenvalue weighted by molar-refractivity contribution is 0.431. The Morgan fingerprint density at radius 2 is 2.22 bits per heavy atom. The fourth-order valence-electron chi connectivity index (χ4n) is 2.37. The first-order chi connectivity index (χ1) is 8.75. The van der Waals surface area contributed by atoms with E-state index in [-0.39, 0.29) is 5.82 Å². The summed E-state index contributed by atoms with van der Waals surface area (Å²) in [4.78, 5) is 0. The Bertz CT molecular complexity index is 376. The molecule has 1 aliphatic heterocycles. The van der Waals surface area contributed by atoms with Gasteiger partial charge in [-0.2, -0.15) is 0 Å². The predicted octanol–water partition coefficient (Wildman–Crippen LogP) is 2.96. The van der Waals surface area contributed by atoms with E-state index in [0.717, 1.165) is 19.6 Å². The molecule has 1 saturated heterocycles. The highest BCUT2D eigenvalue weighted by molar-refractivity contribution is 6.30. The molecule has 1 aliphatic rings. The van der Waals surface area contributed by atoms with Crippen LogP contribution in [0.5, 0.6) is 0 Å². The van der Waals surface area contributed by atoms with E-state index >= 15 is 0 Å². The smallest absolute Gasteiger partial charge is 0.129 e. The van der Waals surface area contributed by atoms with Crippen LogP contribution in [-0.2, 0) is 6.54 Å². The molecule has 2 N–H and O–H groups in total. The van der Waals surface area contributed by atoms with Crippen LogP contribution in [0.1, 0.15) is 24.8 Å². The van der Waals surface area contributed by atoms with Gasteiger partial charge < -0.3 is 10.6 Å². The topological polar surface area (TPSA) is 24.1 Å². The third kappa shape index (κ3) is 4.23. The lowest BCUT2D eigenvalue weighted by Crippen LogP contribution is -2.24. The van der Waals surface area contributed by atoms with Gasteiger partial charge in [0.2, 0.25) is 0 Å². The third-order valence-electron chi connectivity index (χ3n) is 3.46. The van der Waals surface area contributed by atoms with Crippen molar-refractivity contribution in [3.05, 3.63) is 34.6 Å². The second kappa shape index (κ2) is 7.07. The first-order valence-corrected chi connectivity index (χ1v) is 6.99. The zero-order valence-electron chi connectivity index (χ0n) is 10.5. The van der Waals surface area contributed by atoms with Gasteiger partial charge in [0.05, 0.1) is 0 Å². The van der Waals surface area contributed by atoms with E-state index in [1.165, 1.54) is 25.3 Å². The molecule has 2 rings (SSSR count). The van der Waals surface area contributed by atoms with Crippen molar-refractivity contribution in [1.82, 2.24) is 10.6 Å². The number of benzene rings is 1. The van der Waals surface area contributed by atoms with Gasteiger partial charge in [-0.25, -0.2) is 4.39 Å². The molecule has 1 aromatic rings. The van der Waals surface area contributed by atoms with Gasteiger partial charge in [-0.1, -0.05) is 17.7 Å². The van der Waals surface area contributed by atoms with Crippen LogP contribution < -0.4 is 10.6 Å². The Labute approximate surface area is 113 Å². The molecule has 0 bridgehead atoms. The van der Waals surface area contributed by atoms with Crippen LogP contribution in [0.4, 0.5) is 4.39 Å². The fraction of sp³-hybridized carbons (Fsp3) is 0.571. The minimum absolute atomic E-state index is 0.225. The van der Waals surface area contributed by atoms with Gasteiger partial charge >= 0.3 is 0 Å². The molecule has 1 heterocycles. The molecule has 0 radical (unpaired) electrons. The third-order valence-corrected chi connectivity index (χ3v) is 3.69. The Morgan fingerprint density at radius 1 is 1.33 bits per heavy atom. The monoisotopic (exact) mass is 270 g/mol. The molecule has 1 aromatic carbocycles. The average molecular weight is 271 g/mol. The largest absolute Gasteiger partial charge is 0.317 e. The number of halogens is 2. The summed E-state index contributed by atoms with van der Waals surface area (Å²) in [7, 11) is 0. The number of hydrogen-bond acceptors (Lipinski definition) is 2. The zero-order chi connectivity index (χ0) is 12.8. The zero-order valence-corrected chi connectivity index (χ0v) is 11.3. The van der Waals surface area contributed by atoms with Gasteiger partial charge in [0.15, 0.2) is 0 Å². The number of hydrogen-bond donors (Lipinski definition) is 2. The molecule has 4 heteroatoms. The van der Waals surface area contributed by atoms with Gasteiger partial charge in [-0.15, -0.1) is 0 Å². The average Bonchev–Trinajstić information content (AvgIpc) is 2.60. The standard InChI is InChI=1S/C14H20ClFN2/c15-13-4-3-12(14(16)8-13)10-18-9-11-2-1-6-17-7-5-11/h3-4,8,11,17-18H,1-2,5-7,9-10H2. The second-order valence-electron chi connectivity index (χ2n) is 4.91. The van der Waals surface area contributed by atoms with E-state index in [9.17, 15) is 4.39 Å². The number of nitrogens with one attached hydrogen (secondary N) is 2. The molecular formula is C14H20ClFN2. The predicted molar refractivity (Wildman–Crippen MR) is 73.3 cm³/mol. The van der Waals surface area contributed by atoms with Crippen molar-refractivity contribution in [2.45, 2.75) is 25.8 Å². The molecule has 0 spiro atoms. The Balaban J connectivity index is 1.77. The van der Waals surface area contributed by atoms with E-state index < -0.39 is 0 Å². The molecule has 1 fully saturated rings. The van der Waals surface area contributed by atoms with Crippen LogP contribution in [0.25, 0.3) is 0 Å². The van der Waals surface area contributed by atoms with Gasteiger partial charge in [0.1, 0.15) is 5.82 Å². The highest BCUT2D eigenvalue weighted by atomic mass is 35.5. The SMILES string of the molecule is Fc1cc(Cl)ccc1CNCC1CCCNCC1. The van der Waals surface area contributed by atoms with Crippen molar-refractivity contribution in [2.24, 2.45) is 5.92 Å². The minimum atomic E-state index is -0.225. The van der Waals surface area contributed by atoms with E-state index in [0.29, 0.717) is 23.0 Å². The summed E-state index contributed by atoms with van der Waals surface area (Å²) >= 11 is 5.72. The molecule has 100 valence electrons. The van der Waals surface area contributed by atoms with Crippen LogP contribution in [-0.4, -0.2) is 19.6 Å². The van der Waals surface area contributed by atoms with Gasteiger partial charge in [0.25, 0.3) is 0 Å². The van der Waals surface area contributed by atoms with Gasteiger partial charge in [0, 0.05) is 17.1 Å². The quantitative estimate of drug-likeness (QED) is 0.879. The lowest BCUT2D eigenvalue weighted by Gasteiger charge is -2.14. The van der Waals surface area contributed by atoms with E-state index in [4.69, 9.17) is 11.6 Å². The summed E-state index contributed by atoms with van der Waals surface area (Å²) < 4.78 is 13.5. The van der Waals surface area contributed by atoms with Gasteiger partial charge in [-0.3, -0.25) is 0 Å². The molecule has 0 amide bonds. The second-order valence-corrected chi connectivity index (χ2v) is 5.35. The van der Waals surface area contributed by atoms with E-state index in [1.54, 1.807) is 12.1 Å². The lowest BCUT2D eigenvalue weighted by atomic mass is 10.0. The van der Waals surface area contributed by atoms with Crippen molar-refractivity contribution in [3.8, 4) is 0 Å². The van der Waals surface area contributed by atoms with Crippen molar-refractivity contribution >= 4 is 11.6 Å². The summed E-state index contributed by atoms with van der Waals surface area (Å²) in [6, 6.07) is 4.85. The van der Waals surface area contributed by atoms with Crippen LogP contribution >= 0.6 is 11.6 Å². The summed E-state index contributed by atoms with van der Waals surface area (Å²) in [6.07, 6.45) is 3.70. The maximum absolute atomic E-state index is 13.5.